The summed E-state index contributed by atoms with van der Waals surface area (Å²) in [5, 5.41) is 7.25. The third kappa shape index (κ3) is 9.02. The molecular formula is C19H25ClIN3O2S2. The summed E-state index contributed by atoms with van der Waals surface area (Å²) in [6, 6.07) is 14.6. The fraction of sp³-hybridized carbons (Fsp3) is 0.316. The molecule has 2 aromatic rings. The van der Waals surface area contributed by atoms with Crippen LogP contribution in [0.4, 0.5) is 0 Å². The van der Waals surface area contributed by atoms with Crippen molar-refractivity contribution in [2.75, 3.05) is 25.1 Å². The van der Waals surface area contributed by atoms with Crippen LogP contribution in [-0.4, -0.2) is 39.5 Å². The van der Waals surface area contributed by atoms with Crippen LogP contribution in [0.3, 0.4) is 0 Å². The van der Waals surface area contributed by atoms with Crippen LogP contribution in [0.1, 0.15) is 12.5 Å². The lowest BCUT2D eigenvalue weighted by atomic mass is 10.2. The Kier molecular flexibility index (Phi) is 11.2. The highest BCUT2D eigenvalue weighted by atomic mass is 127. The molecule has 0 spiro atoms. The van der Waals surface area contributed by atoms with Crippen LogP contribution in [0.25, 0.3) is 0 Å². The van der Waals surface area contributed by atoms with E-state index in [2.05, 4.69) is 15.6 Å². The monoisotopic (exact) mass is 553 g/mol. The van der Waals surface area contributed by atoms with Gasteiger partial charge in [-0.15, -0.1) is 35.7 Å². The lowest BCUT2D eigenvalue weighted by molar-refractivity contribution is 0.602. The van der Waals surface area contributed by atoms with Gasteiger partial charge >= 0.3 is 0 Å². The van der Waals surface area contributed by atoms with E-state index in [4.69, 9.17) is 11.6 Å². The van der Waals surface area contributed by atoms with Gasteiger partial charge in [-0.3, -0.25) is 0 Å². The van der Waals surface area contributed by atoms with Gasteiger partial charge in [0.05, 0.1) is 11.4 Å². The van der Waals surface area contributed by atoms with E-state index < -0.39 is 9.84 Å². The minimum Gasteiger partial charge on any atom is -0.357 e. The van der Waals surface area contributed by atoms with Crippen molar-refractivity contribution >= 4 is 63.1 Å². The highest BCUT2D eigenvalue weighted by Crippen LogP contribution is 2.19. The molecule has 9 heteroatoms. The van der Waals surface area contributed by atoms with E-state index in [1.165, 1.54) is 11.2 Å². The number of rotatable bonds is 8. The average molecular weight is 554 g/mol. The SMILES string of the molecule is CCNC(=NCc1ccc(S(C)(=O)=O)cc1)NCCSc1ccc(Cl)cc1.I. The van der Waals surface area contributed by atoms with E-state index in [-0.39, 0.29) is 24.0 Å². The molecule has 0 heterocycles. The highest BCUT2D eigenvalue weighted by molar-refractivity contribution is 14.0. The van der Waals surface area contributed by atoms with Gasteiger partial charge in [0.1, 0.15) is 0 Å². The second-order valence-electron chi connectivity index (χ2n) is 5.84. The molecule has 154 valence electrons. The van der Waals surface area contributed by atoms with E-state index in [0.717, 1.165) is 35.4 Å². The van der Waals surface area contributed by atoms with Gasteiger partial charge in [0, 0.05) is 35.0 Å². The van der Waals surface area contributed by atoms with Crippen LogP contribution in [-0.2, 0) is 16.4 Å². The Morgan fingerprint density at radius 1 is 1.07 bits per heavy atom. The van der Waals surface area contributed by atoms with Crippen LogP contribution < -0.4 is 10.6 Å². The van der Waals surface area contributed by atoms with Gasteiger partial charge in [-0.25, -0.2) is 13.4 Å². The van der Waals surface area contributed by atoms with Gasteiger partial charge in [0.2, 0.25) is 0 Å². The van der Waals surface area contributed by atoms with Crippen LogP contribution in [0.5, 0.6) is 0 Å². The normalized spacial score (nSPS) is 11.6. The average Bonchev–Trinajstić information content (AvgIpc) is 2.64. The van der Waals surface area contributed by atoms with Gasteiger partial charge in [-0.2, -0.15) is 0 Å². The summed E-state index contributed by atoms with van der Waals surface area (Å²) in [6.07, 6.45) is 1.20. The number of halogens is 2. The number of hydrogen-bond acceptors (Lipinski definition) is 4. The lowest BCUT2D eigenvalue weighted by Crippen LogP contribution is -2.38. The zero-order valence-corrected chi connectivity index (χ0v) is 20.5. The third-order valence-electron chi connectivity index (χ3n) is 3.59. The second-order valence-corrected chi connectivity index (χ2v) is 9.46. The Hall–Kier alpha value is -0.970. The molecule has 0 aliphatic carbocycles. The molecule has 0 saturated heterocycles. The summed E-state index contributed by atoms with van der Waals surface area (Å²) in [5.41, 5.74) is 0.954. The van der Waals surface area contributed by atoms with Crippen molar-refractivity contribution in [3.63, 3.8) is 0 Å². The Morgan fingerprint density at radius 2 is 1.71 bits per heavy atom. The smallest absolute Gasteiger partial charge is 0.191 e. The highest BCUT2D eigenvalue weighted by Gasteiger charge is 2.06. The van der Waals surface area contributed by atoms with Crippen molar-refractivity contribution in [2.24, 2.45) is 4.99 Å². The van der Waals surface area contributed by atoms with E-state index in [1.807, 2.05) is 31.2 Å². The summed E-state index contributed by atoms with van der Waals surface area (Å²) in [6.45, 7) is 4.03. The first-order chi connectivity index (χ1) is 12.9. The summed E-state index contributed by atoms with van der Waals surface area (Å²) in [4.78, 5) is 6.04. The number of nitrogens with one attached hydrogen (secondary N) is 2. The molecule has 0 amide bonds. The molecule has 0 aliphatic heterocycles. The lowest BCUT2D eigenvalue weighted by Gasteiger charge is -2.11. The second kappa shape index (κ2) is 12.6. The molecule has 0 aromatic heterocycles. The zero-order chi connectivity index (χ0) is 19.7. The maximum absolute atomic E-state index is 11.5. The standard InChI is InChI=1S/C19H24ClN3O2S2.HI/c1-3-21-19(22-12-13-26-17-8-6-16(20)7-9-17)23-14-15-4-10-18(11-5-15)27(2,24)25;/h4-11H,3,12-14H2,1-2H3,(H2,21,22,23);1H. The molecule has 0 radical (unpaired) electrons. The predicted octanol–water partition coefficient (Wildman–Crippen LogP) is 4.21. The summed E-state index contributed by atoms with van der Waals surface area (Å²) >= 11 is 7.64. The number of thioether (sulfide) groups is 1. The van der Waals surface area contributed by atoms with E-state index in [9.17, 15) is 8.42 Å². The van der Waals surface area contributed by atoms with Crippen LogP contribution >= 0.6 is 47.3 Å². The first-order valence-electron chi connectivity index (χ1n) is 8.58. The quantitative estimate of drug-likeness (QED) is 0.169. The molecule has 0 saturated carbocycles. The number of nitrogens with zero attached hydrogens (tertiary/aromatic N) is 1. The van der Waals surface area contributed by atoms with Gasteiger partial charge < -0.3 is 10.6 Å². The summed E-state index contributed by atoms with van der Waals surface area (Å²) in [7, 11) is -3.17. The van der Waals surface area contributed by atoms with Gasteiger partial charge in [-0.05, 0) is 48.9 Å². The van der Waals surface area contributed by atoms with E-state index in [0.29, 0.717) is 11.4 Å². The first-order valence-corrected chi connectivity index (χ1v) is 11.8. The Bertz CT molecular complexity index is 858. The number of sulfone groups is 1. The Balaban J connectivity index is 0.00000392. The van der Waals surface area contributed by atoms with E-state index >= 15 is 0 Å². The summed E-state index contributed by atoms with van der Waals surface area (Å²) in [5.74, 6) is 1.64. The molecule has 0 unspecified atom stereocenters. The van der Waals surface area contributed by atoms with Gasteiger partial charge in [-0.1, -0.05) is 23.7 Å². The number of aliphatic imine (C=N–C) groups is 1. The molecular weight excluding hydrogens is 529 g/mol. The van der Waals surface area contributed by atoms with Gasteiger partial charge in [0.15, 0.2) is 15.8 Å². The fourth-order valence-electron chi connectivity index (χ4n) is 2.22. The van der Waals surface area contributed by atoms with Crippen molar-refractivity contribution in [1.82, 2.24) is 10.6 Å². The molecule has 0 bridgehead atoms. The zero-order valence-electron chi connectivity index (χ0n) is 15.8. The Labute approximate surface area is 193 Å². The molecule has 0 fully saturated rings. The molecule has 0 atom stereocenters. The van der Waals surface area contributed by atoms with Crippen molar-refractivity contribution in [1.29, 1.82) is 0 Å². The maximum atomic E-state index is 11.5. The molecule has 28 heavy (non-hydrogen) atoms. The minimum absolute atomic E-state index is 0. The van der Waals surface area contributed by atoms with Crippen LogP contribution in [0.2, 0.25) is 5.02 Å². The van der Waals surface area contributed by atoms with Crippen molar-refractivity contribution in [3.05, 3.63) is 59.1 Å². The molecule has 2 aromatic carbocycles. The summed E-state index contributed by atoms with van der Waals surface area (Å²) < 4.78 is 23.0. The third-order valence-corrected chi connectivity index (χ3v) is 5.99. The topological polar surface area (TPSA) is 70.6 Å². The van der Waals surface area contributed by atoms with Crippen LogP contribution in [0.15, 0.2) is 63.3 Å². The van der Waals surface area contributed by atoms with Crippen molar-refractivity contribution in [2.45, 2.75) is 23.3 Å². The number of benzene rings is 2. The molecule has 0 aliphatic rings. The predicted molar refractivity (Wildman–Crippen MR) is 130 cm³/mol. The number of hydrogen-bond donors (Lipinski definition) is 2. The van der Waals surface area contributed by atoms with E-state index in [1.54, 1.807) is 36.0 Å². The molecule has 2 rings (SSSR count). The van der Waals surface area contributed by atoms with Crippen molar-refractivity contribution < 1.29 is 8.42 Å². The first kappa shape index (κ1) is 25.1. The van der Waals surface area contributed by atoms with Crippen LogP contribution in [0, 0.1) is 0 Å². The largest absolute Gasteiger partial charge is 0.357 e. The fourth-order valence-corrected chi connectivity index (χ4v) is 3.75. The Morgan fingerprint density at radius 3 is 2.29 bits per heavy atom. The maximum Gasteiger partial charge on any atom is 0.191 e. The van der Waals surface area contributed by atoms with Gasteiger partial charge in [0.25, 0.3) is 0 Å². The minimum atomic E-state index is -3.17. The molecule has 2 N–H and O–H groups in total. The number of guanidine groups is 1. The molecule has 5 nitrogen and oxygen atoms in total. The van der Waals surface area contributed by atoms with Crippen molar-refractivity contribution in [3.8, 4) is 0 Å².